The van der Waals surface area contributed by atoms with E-state index in [0.29, 0.717) is 6.04 Å². The van der Waals surface area contributed by atoms with E-state index in [0.717, 1.165) is 25.5 Å². The second-order valence-corrected chi connectivity index (χ2v) is 5.83. The van der Waals surface area contributed by atoms with Gasteiger partial charge in [0, 0.05) is 31.7 Å². The van der Waals surface area contributed by atoms with Crippen LogP contribution in [0.1, 0.15) is 26.8 Å². The molecule has 2 rings (SSSR count). The molecule has 1 aliphatic heterocycles. The van der Waals surface area contributed by atoms with Crippen LogP contribution in [0.2, 0.25) is 0 Å². The molecule has 1 aromatic heterocycles. The van der Waals surface area contributed by atoms with Crippen molar-refractivity contribution in [1.82, 2.24) is 15.1 Å². The number of anilines is 1. The Balaban J connectivity index is 1.93. The van der Waals surface area contributed by atoms with Crippen molar-refractivity contribution in [2.75, 3.05) is 25.0 Å². The largest absolute Gasteiger partial charge is 0.369 e. The zero-order valence-electron chi connectivity index (χ0n) is 10.9. The van der Waals surface area contributed by atoms with Crippen LogP contribution in [0.15, 0.2) is 12.3 Å². The number of nitrogens with two attached hydrogens (primary N) is 1. The quantitative estimate of drug-likeness (QED) is 0.725. The van der Waals surface area contributed by atoms with Crippen LogP contribution in [0.25, 0.3) is 0 Å². The summed E-state index contributed by atoms with van der Waals surface area (Å²) in [5, 5.41) is 11.0. The van der Waals surface area contributed by atoms with Crippen molar-refractivity contribution >= 4 is 5.82 Å². The molecule has 0 amide bonds. The van der Waals surface area contributed by atoms with E-state index in [1.807, 2.05) is 16.9 Å². The standard InChI is InChI=1S/C12H23N5/c1-12(2,3)10(13)8-15-11-4-5-16-17(11)9-6-14-7-9/h4-5,9-10,14-15H,6-8,13H2,1-3H3. The second kappa shape index (κ2) is 4.66. The van der Waals surface area contributed by atoms with Gasteiger partial charge >= 0.3 is 0 Å². The molecule has 0 bridgehead atoms. The highest BCUT2D eigenvalue weighted by atomic mass is 15.4. The van der Waals surface area contributed by atoms with Crippen LogP contribution in [0, 0.1) is 5.41 Å². The van der Waals surface area contributed by atoms with Crippen molar-refractivity contribution in [2.24, 2.45) is 11.1 Å². The molecule has 1 saturated heterocycles. The minimum Gasteiger partial charge on any atom is -0.369 e. The molecule has 96 valence electrons. The van der Waals surface area contributed by atoms with Gasteiger partial charge in [-0.25, -0.2) is 4.68 Å². The SMILES string of the molecule is CC(C)(C)C(N)CNc1ccnn1C1CNC1. The van der Waals surface area contributed by atoms with Crippen molar-refractivity contribution in [3.8, 4) is 0 Å². The number of nitrogens with zero attached hydrogens (tertiary/aromatic N) is 2. The first-order valence-corrected chi connectivity index (χ1v) is 6.22. The van der Waals surface area contributed by atoms with E-state index in [4.69, 9.17) is 5.73 Å². The summed E-state index contributed by atoms with van der Waals surface area (Å²) in [6.07, 6.45) is 1.84. The van der Waals surface area contributed by atoms with Gasteiger partial charge in [0.15, 0.2) is 0 Å². The van der Waals surface area contributed by atoms with E-state index in [2.05, 4.69) is 36.5 Å². The highest BCUT2D eigenvalue weighted by Gasteiger charge is 2.23. The van der Waals surface area contributed by atoms with Crippen LogP contribution < -0.4 is 16.4 Å². The van der Waals surface area contributed by atoms with Gasteiger partial charge in [-0.2, -0.15) is 5.10 Å². The molecule has 0 spiro atoms. The fourth-order valence-corrected chi connectivity index (χ4v) is 1.71. The molecule has 2 heterocycles. The fourth-order valence-electron chi connectivity index (χ4n) is 1.71. The van der Waals surface area contributed by atoms with Crippen molar-refractivity contribution in [3.05, 3.63) is 12.3 Å². The normalized spacial score (nSPS) is 18.8. The average Bonchev–Trinajstić information content (AvgIpc) is 2.58. The maximum atomic E-state index is 6.14. The monoisotopic (exact) mass is 237 g/mol. The molecule has 1 atom stereocenters. The minimum absolute atomic E-state index is 0.121. The van der Waals surface area contributed by atoms with Gasteiger partial charge in [-0.1, -0.05) is 20.8 Å². The Bertz CT molecular complexity index is 361. The molecule has 0 radical (unpaired) electrons. The lowest BCUT2D eigenvalue weighted by Gasteiger charge is -2.30. The summed E-state index contributed by atoms with van der Waals surface area (Å²) < 4.78 is 2.05. The first-order valence-electron chi connectivity index (χ1n) is 6.22. The Morgan fingerprint density at radius 1 is 1.59 bits per heavy atom. The summed E-state index contributed by atoms with van der Waals surface area (Å²) in [7, 11) is 0. The average molecular weight is 237 g/mol. The number of hydrogen-bond acceptors (Lipinski definition) is 4. The van der Waals surface area contributed by atoms with Crippen LogP contribution in [-0.4, -0.2) is 35.5 Å². The predicted molar refractivity (Wildman–Crippen MR) is 70.1 cm³/mol. The Labute approximate surface area is 103 Å². The zero-order chi connectivity index (χ0) is 12.5. The van der Waals surface area contributed by atoms with Gasteiger partial charge in [0.2, 0.25) is 0 Å². The van der Waals surface area contributed by atoms with E-state index in [9.17, 15) is 0 Å². The Hall–Kier alpha value is -1.07. The number of aromatic nitrogens is 2. The third-order valence-electron chi connectivity index (χ3n) is 3.39. The lowest BCUT2D eigenvalue weighted by atomic mass is 9.87. The van der Waals surface area contributed by atoms with E-state index in [1.165, 1.54) is 0 Å². The third kappa shape index (κ3) is 2.79. The highest BCUT2D eigenvalue weighted by Crippen LogP contribution is 2.20. The first kappa shape index (κ1) is 12.4. The topological polar surface area (TPSA) is 67.9 Å². The molecule has 4 N–H and O–H groups in total. The summed E-state index contributed by atoms with van der Waals surface area (Å²) in [4.78, 5) is 0. The van der Waals surface area contributed by atoms with Gasteiger partial charge in [0.1, 0.15) is 5.82 Å². The molecule has 1 fully saturated rings. The number of nitrogens with one attached hydrogen (secondary N) is 2. The summed E-state index contributed by atoms with van der Waals surface area (Å²) in [5.74, 6) is 1.07. The van der Waals surface area contributed by atoms with E-state index in [-0.39, 0.29) is 11.5 Å². The van der Waals surface area contributed by atoms with Crippen molar-refractivity contribution < 1.29 is 0 Å². The van der Waals surface area contributed by atoms with Crippen molar-refractivity contribution in [2.45, 2.75) is 32.9 Å². The second-order valence-electron chi connectivity index (χ2n) is 5.83. The smallest absolute Gasteiger partial charge is 0.124 e. The lowest BCUT2D eigenvalue weighted by molar-refractivity contribution is 0.316. The number of hydrogen-bond donors (Lipinski definition) is 3. The molecular weight excluding hydrogens is 214 g/mol. The van der Waals surface area contributed by atoms with Crippen LogP contribution >= 0.6 is 0 Å². The summed E-state index contributed by atoms with van der Waals surface area (Å²) in [6.45, 7) is 9.25. The van der Waals surface area contributed by atoms with Gasteiger partial charge in [0.05, 0.1) is 12.2 Å². The molecule has 0 saturated carbocycles. The van der Waals surface area contributed by atoms with Crippen LogP contribution in [0.3, 0.4) is 0 Å². The summed E-state index contributed by atoms with van der Waals surface area (Å²) in [6, 6.07) is 2.62. The molecule has 17 heavy (non-hydrogen) atoms. The molecule has 1 aliphatic rings. The lowest BCUT2D eigenvalue weighted by Crippen LogP contribution is -2.45. The van der Waals surface area contributed by atoms with Gasteiger partial charge in [-0.15, -0.1) is 0 Å². The van der Waals surface area contributed by atoms with Crippen LogP contribution in [0.5, 0.6) is 0 Å². The van der Waals surface area contributed by atoms with Crippen molar-refractivity contribution in [3.63, 3.8) is 0 Å². The Morgan fingerprint density at radius 3 is 2.82 bits per heavy atom. The molecule has 0 aliphatic carbocycles. The molecule has 1 aromatic rings. The van der Waals surface area contributed by atoms with Gasteiger partial charge in [-0.05, 0) is 5.41 Å². The highest BCUT2D eigenvalue weighted by molar-refractivity contribution is 5.35. The van der Waals surface area contributed by atoms with E-state index < -0.39 is 0 Å². The maximum absolute atomic E-state index is 6.14. The van der Waals surface area contributed by atoms with Crippen molar-refractivity contribution in [1.29, 1.82) is 0 Å². The first-order chi connectivity index (χ1) is 7.98. The number of rotatable bonds is 4. The zero-order valence-corrected chi connectivity index (χ0v) is 10.9. The molecule has 5 heteroatoms. The van der Waals surface area contributed by atoms with Gasteiger partial charge in [-0.3, -0.25) is 0 Å². The van der Waals surface area contributed by atoms with E-state index >= 15 is 0 Å². The van der Waals surface area contributed by atoms with E-state index in [1.54, 1.807) is 0 Å². The Kier molecular flexibility index (Phi) is 3.40. The molecule has 1 unspecified atom stereocenters. The van der Waals surface area contributed by atoms with Crippen LogP contribution in [-0.2, 0) is 0 Å². The Morgan fingerprint density at radius 2 is 2.29 bits per heavy atom. The summed E-state index contributed by atoms with van der Waals surface area (Å²) in [5.41, 5.74) is 6.26. The summed E-state index contributed by atoms with van der Waals surface area (Å²) >= 11 is 0. The molecule has 0 aromatic carbocycles. The van der Waals surface area contributed by atoms with Gasteiger partial charge in [0.25, 0.3) is 0 Å². The maximum Gasteiger partial charge on any atom is 0.124 e. The predicted octanol–water partition coefficient (Wildman–Crippen LogP) is 0.813. The minimum atomic E-state index is 0.121. The fraction of sp³-hybridized carbons (Fsp3) is 0.750. The molecule has 5 nitrogen and oxygen atoms in total. The molecular formula is C12H23N5. The van der Waals surface area contributed by atoms with Crippen LogP contribution in [0.4, 0.5) is 5.82 Å². The van der Waals surface area contributed by atoms with Gasteiger partial charge < -0.3 is 16.4 Å². The third-order valence-corrected chi connectivity index (χ3v) is 3.39.